The van der Waals surface area contributed by atoms with E-state index < -0.39 is 0 Å². The maximum atomic E-state index is 11.9. The fraction of sp³-hybridized carbons (Fsp3) is 0.278. The van der Waals surface area contributed by atoms with Crippen molar-refractivity contribution in [3.63, 3.8) is 0 Å². The maximum absolute atomic E-state index is 11.9. The highest BCUT2D eigenvalue weighted by Crippen LogP contribution is 2.27. The Morgan fingerprint density at radius 2 is 2.00 bits per heavy atom. The van der Waals surface area contributed by atoms with E-state index in [0.29, 0.717) is 12.2 Å². The highest BCUT2D eigenvalue weighted by molar-refractivity contribution is 7.98. The molecule has 2 rings (SSSR count). The molecule has 22 heavy (non-hydrogen) atoms. The first-order valence-corrected chi connectivity index (χ1v) is 8.45. The molecule has 0 aliphatic carbocycles. The minimum atomic E-state index is -0.295. The number of carbonyl (C=O) groups is 1. The summed E-state index contributed by atoms with van der Waals surface area (Å²) < 4.78 is 5.06. The third kappa shape index (κ3) is 4.36. The fourth-order valence-corrected chi connectivity index (χ4v) is 2.95. The van der Waals surface area contributed by atoms with Crippen LogP contribution in [0.25, 0.3) is 11.1 Å². The van der Waals surface area contributed by atoms with E-state index in [1.165, 1.54) is 5.56 Å². The molecule has 0 saturated carbocycles. The Hall–Kier alpha value is -1.78. The molecule has 0 unspecified atom stereocenters. The molecule has 0 aliphatic rings. The maximum Gasteiger partial charge on any atom is 0.338 e. The van der Waals surface area contributed by atoms with Crippen molar-refractivity contribution >= 4 is 17.7 Å². The number of rotatable bonds is 7. The molecule has 0 saturated heterocycles. The van der Waals surface area contributed by atoms with Gasteiger partial charge in [-0.25, -0.2) is 4.79 Å². The molecule has 0 aromatic heterocycles. The van der Waals surface area contributed by atoms with Crippen LogP contribution in [0.1, 0.15) is 22.8 Å². The Morgan fingerprint density at radius 1 is 1.18 bits per heavy atom. The third-order valence-electron chi connectivity index (χ3n) is 3.20. The molecule has 0 spiro atoms. The van der Waals surface area contributed by atoms with Gasteiger partial charge in [-0.2, -0.15) is 11.8 Å². The van der Waals surface area contributed by atoms with Crippen LogP contribution < -0.4 is 0 Å². The zero-order chi connectivity index (χ0) is 15.8. The Labute approximate surface area is 135 Å². The first-order chi connectivity index (χ1) is 10.8. The third-order valence-corrected chi connectivity index (χ3v) is 4.18. The van der Waals surface area contributed by atoms with Gasteiger partial charge in [0.05, 0.1) is 18.8 Å². The molecule has 2 aromatic carbocycles. The predicted molar refractivity (Wildman–Crippen MR) is 91.1 cm³/mol. The zero-order valence-corrected chi connectivity index (χ0v) is 13.4. The number of esters is 1. The summed E-state index contributed by atoms with van der Waals surface area (Å²) in [6.45, 7) is 2.36. The molecule has 0 fully saturated rings. The summed E-state index contributed by atoms with van der Waals surface area (Å²) in [4.78, 5) is 11.9. The van der Waals surface area contributed by atoms with Crippen molar-refractivity contribution in [1.29, 1.82) is 0 Å². The number of carbonyl (C=O) groups excluding carboxylic acids is 1. The topological polar surface area (TPSA) is 46.5 Å². The number of thioether (sulfide) groups is 1. The van der Waals surface area contributed by atoms with Crippen LogP contribution >= 0.6 is 11.8 Å². The summed E-state index contributed by atoms with van der Waals surface area (Å²) >= 11 is 1.69. The summed E-state index contributed by atoms with van der Waals surface area (Å²) in [5, 5.41) is 8.91. The van der Waals surface area contributed by atoms with Crippen LogP contribution in [-0.4, -0.2) is 30.0 Å². The zero-order valence-electron chi connectivity index (χ0n) is 12.6. The average molecular weight is 316 g/mol. The van der Waals surface area contributed by atoms with Crippen LogP contribution in [0.15, 0.2) is 48.5 Å². The SMILES string of the molecule is CCOC(=O)c1cccc(-c2ccccc2CSCCO)c1. The van der Waals surface area contributed by atoms with Crippen molar-refractivity contribution < 1.29 is 14.6 Å². The molecule has 1 N–H and O–H groups in total. The quantitative estimate of drug-likeness (QED) is 0.624. The second-order valence-electron chi connectivity index (χ2n) is 4.73. The van der Waals surface area contributed by atoms with Crippen LogP contribution in [0.3, 0.4) is 0 Å². The van der Waals surface area contributed by atoms with Gasteiger partial charge in [-0.1, -0.05) is 36.4 Å². The predicted octanol–water partition coefficient (Wildman–Crippen LogP) is 3.76. The Bertz CT molecular complexity index is 625. The summed E-state index contributed by atoms with van der Waals surface area (Å²) in [6.07, 6.45) is 0. The molecular formula is C18H20O3S. The van der Waals surface area contributed by atoms with Crippen molar-refractivity contribution in [1.82, 2.24) is 0 Å². The molecule has 0 aliphatic heterocycles. The van der Waals surface area contributed by atoms with Gasteiger partial charge < -0.3 is 9.84 Å². The van der Waals surface area contributed by atoms with Crippen LogP contribution in [0.2, 0.25) is 0 Å². The number of aliphatic hydroxyl groups is 1. The van der Waals surface area contributed by atoms with Gasteiger partial charge in [0.15, 0.2) is 0 Å². The van der Waals surface area contributed by atoms with E-state index in [9.17, 15) is 4.79 Å². The van der Waals surface area contributed by atoms with Crippen LogP contribution in [-0.2, 0) is 10.5 Å². The van der Waals surface area contributed by atoms with Crippen molar-refractivity contribution in [3.8, 4) is 11.1 Å². The van der Waals surface area contributed by atoms with E-state index in [1.807, 2.05) is 30.3 Å². The van der Waals surface area contributed by atoms with Crippen molar-refractivity contribution in [3.05, 3.63) is 59.7 Å². The molecule has 4 heteroatoms. The van der Waals surface area contributed by atoms with Gasteiger partial charge in [0, 0.05) is 11.5 Å². The molecule has 0 amide bonds. The summed E-state index contributed by atoms with van der Waals surface area (Å²) in [5.74, 6) is 1.26. The van der Waals surface area contributed by atoms with Gasteiger partial charge in [-0.05, 0) is 35.7 Å². The molecule has 0 atom stereocenters. The highest BCUT2D eigenvalue weighted by atomic mass is 32.2. The second kappa shape index (κ2) is 8.61. The average Bonchev–Trinajstić information content (AvgIpc) is 2.56. The van der Waals surface area contributed by atoms with E-state index in [1.54, 1.807) is 24.8 Å². The number of aliphatic hydroxyl groups excluding tert-OH is 1. The first kappa shape index (κ1) is 16.6. The number of hydrogen-bond donors (Lipinski definition) is 1. The first-order valence-electron chi connectivity index (χ1n) is 7.30. The van der Waals surface area contributed by atoms with Gasteiger partial charge in [0.2, 0.25) is 0 Å². The monoisotopic (exact) mass is 316 g/mol. The van der Waals surface area contributed by atoms with Crippen molar-refractivity contribution in [2.75, 3.05) is 19.0 Å². The van der Waals surface area contributed by atoms with Crippen LogP contribution in [0.4, 0.5) is 0 Å². The lowest BCUT2D eigenvalue weighted by Gasteiger charge is -2.10. The van der Waals surface area contributed by atoms with E-state index in [0.717, 1.165) is 22.6 Å². The lowest BCUT2D eigenvalue weighted by atomic mass is 9.99. The fourth-order valence-electron chi connectivity index (χ4n) is 2.20. The normalized spacial score (nSPS) is 10.5. The van der Waals surface area contributed by atoms with Crippen LogP contribution in [0, 0.1) is 0 Å². The second-order valence-corrected chi connectivity index (χ2v) is 5.84. The molecule has 0 heterocycles. The van der Waals surface area contributed by atoms with E-state index in [2.05, 4.69) is 12.1 Å². The number of benzene rings is 2. The molecule has 0 bridgehead atoms. The van der Waals surface area contributed by atoms with Crippen molar-refractivity contribution in [2.24, 2.45) is 0 Å². The lowest BCUT2D eigenvalue weighted by molar-refractivity contribution is 0.0526. The van der Waals surface area contributed by atoms with Gasteiger partial charge in [0.25, 0.3) is 0 Å². The molecule has 2 aromatic rings. The van der Waals surface area contributed by atoms with Gasteiger partial charge in [-0.3, -0.25) is 0 Å². The van der Waals surface area contributed by atoms with Gasteiger partial charge >= 0.3 is 5.97 Å². The summed E-state index contributed by atoms with van der Waals surface area (Å²) in [6, 6.07) is 15.6. The van der Waals surface area contributed by atoms with E-state index in [-0.39, 0.29) is 12.6 Å². The van der Waals surface area contributed by atoms with Crippen molar-refractivity contribution in [2.45, 2.75) is 12.7 Å². The molecule has 3 nitrogen and oxygen atoms in total. The number of ether oxygens (including phenoxy) is 1. The molecular weight excluding hydrogens is 296 g/mol. The van der Waals surface area contributed by atoms with Crippen LogP contribution in [0.5, 0.6) is 0 Å². The lowest BCUT2D eigenvalue weighted by Crippen LogP contribution is -2.04. The smallest absolute Gasteiger partial charge is 0.338 e. The summed E-state index contributed by atoms with van der Waals surface area (Å²) in [7, 11) is 0. The van der Waals surface area contributed by atoms with E-state index in [4.69, 9.17) is 9.84 Å². The minimum Gasteiger partial charge on any atom is -0.462 e. The van der Waals surface area contributed by atoms with Gasteiger partial charge in [0.1, 0.15) is 0 Å². The number of hydrogen-bond acceptors (Lipinski definition) is 4. The minimum absolute atomic E-state index is 0.186. The molecule has 0 radical (unpaired) electrons. The Kier molecular flexibility index (Phi) is 6.49. The Balaban J connectivity index is 2.28. The van der Waals surface area contributed by atoms with E-state index >= 15 is 0 Å². The molecule has 116 valence electrons. The highest BCUT2D eigenvalue weighted by Gasteiger charge is 2.10. The Morgan fingerprint density at radius 3 is 2.77 bits per heavy atom. The standard InChI is InChI=1S/C18H20O3S/c1-2-21-18(20)15-8-5-7-14(12-15)17-9-4-3-6-16(17)13-22-11-10-19/h3-9,12,19H,2,10-11,13H2,1H3. The largest absolute Gasteiger partial charge is 0.462 e. The van der Waals surface area contributed by atoms with Gasteiger partial charge in [-0.15, -0.1) is 0 Å². The summed E-state index contributed by atoms with van der Waals surface area (Å²) in [5.41, 5.74) is 3.88.